The first-order chi connectivity index (χ1) is 21.7. The third-order valence-corrected chi connectivity index (χ3v) is 12.2. The molecule has 1 aliphatic carbocycles. The van der Waals surface area contributed by atoms with Crippen LogP contribution in [0.4, 0.5) is 0 Å². The number of carbonyl (C=O) groups excluding carboxylic acids is 1. The van der Waals surface area contributed by atoms with E-state index in [1.807, 2.05) is 42.7 Å². The number of methoxy groups -OCH3 is 1. The molecule has 242 valence electrons. The molecule has 1 unspecified atom stereocenters. The van der Waals surface area contributed by atoms with Crippen molar-refractivity contribution in [3.8, 4) is 5.75 Å². The van der Waals surface area contributed by atoms with E-state index in [9.17, 15) is 13.2 Å². The van der Waals surface area contributed by atoms with E-state index in [-0.39, 0.29) is 25.2 Å². The maximum absolute atomic E-state index is 14.1. The van der Waals surface area contributed by atoms with Gasteiger partial charge in [-0.05, 0) is 98.5 Å². The molecule has 0 saturated heterocycles. The van der Waals surface area contributed by atoms with Crippen LogP contribution in [-0.4, -0.2) is 90.5 Å². The third-order valence-electron chi connectivity index (χ3n) is 9.98. The van der Waals surface area contributed by atoms with Gasteiger partial charge in [-0.25, -0.2) is 8.42 Å². The number of likely N-dealkylation sites (N-methyl/N-ethyl adjacent to an activating group) is 1. The molecule has 1 amide bonds. The fourth-order valence-electron chi connectivity index (χ4n) is 7.55. The summed E-state index contributed by atoms with van der Waals surface area (Å²) >= 11 is 0. The average Bonchev–Trinajstić information content (AvgIpc) is 3.53. The quantitative estimate of drug-likeness (QED) is 0.349. The van der Waals surface area contributed by atoms with Crippen LogP contribution in [0.3, 0.4) is 0 Å². The van der Waals surface area contributed by atoms with E-state index in [0.717, 1.165) is 50.9 Å². The van der Waals surface area contributed by atoms with E-state index in [1.165, 1.54) is 15.4 Å². The molecule has 1 aromatic carbocycles. The summed E-state index contributed by atoms with van der Waals surface area (Å²) in [4.78, 5) is 22.4. The minimum absolute atomic E-state index is 0.0712. The normalized spacial score (nSPS) is 22.4. The van der Waals surface area contributed by atoms with Crippen molar-refractivity contribution >= 4 is 15.9 Å². The first-order valence-corrected chi connectivity index (χ1v) is 17.4. The number of nitrogens with zero attached hydrogens (tertiary/aromatic N) is 5. The summed E-state index contributed by atoms with van der Waals surface area (Å²) in [5.41, 5.74) is 4.85. The molecule has 0 spiro atoms. The highest BCUT2D eigenvalue weighted by atomic mass is 32.2. The number of aryl methyl sites for hydroxylation is 2. The number of fused-ring (bicyclic) bond motifs is 2. The molecule has 3 aromatic rings. The predicted octanol–water partition coefficient (Wildman–Crippen LogP) is 4.10. The van der Waals surface area contributed by atoms with Gasteiger partial charge in [0, 0.05) is 69.6 Å². The molecule has 11 heteroatoms. The van der Waals surface area contributed by atoms with Crippen LogP contribution in [0.15, 0.2) is 53.8 Å². The van der Waals surface area contributed by atoms with Gasteiger partial charge >= 0.3 is 0 Å². The van der Waals surface area contributed by atoms with Crippen LogP contribution in [0.5, 0.6) is 5.75 Å². The van der Waals surface area contributed by atoms with Gasteiger partial charge in [0.1, 0.15) is 12.4 Å². The van der Waals surface area contributed by atoms with Gasteiger partial charge in [-0.15, -0.1) is 0 Å². The summed E-state index contributed by atoms with van der Waals surface area (Å²) in [6, 6.07) is 9.56. The molecule has 0 radical (unpaired) electrons. The van der Waals surface area contributed by atoms with Crippen molar-refractivity contribution in [2.75, 3.05) is 40.5 Å². The summed E-state index contributed by atoms with van der Waals surface area (Å²) in [7, 11) is -0.399. The van der Waals surface area contributed by atoms with Gasteiger partial charge in [0.15, 0.2) is 0 Å². The molecule has 45 heavy (non-hydrogen) atoms. The number of carbonyl (C=O) groups is 1. The third kappa shape index (κ3) is 6.40. The standard InChI is InChI=1S/C34H45N5O5S/c1-24-17-30(43-4)18-25(2)34(24)45(41,42)39-16-15-37-13-6-9-31(37)32(39)22-44-23-33(40)36(3)28-7-5-8-29(19-28)38-14-11-26-20-35-12-10-27(26)21-38/h6,9-10,12-13,17-18,20,28-29,32H,5,7-8,11,14-16,19,21-23H2,1-4H3/t28-,29+,32?/m1/s1. The van der Waals surface area contributed by atoms with Crippen molar-refractivity contribution in [3.05, 3.63) is 76.9 Å². The van der Waals surface area contributed by atoms with Gasteiger partial charge < -0.3 is 18.9 Å². The van der Waals surface area contributed by atoms with Crippen molar-refractivity contribution in [1.29, 1.82) is 0 Å². The Morgan fingerprint density at radius 2 is 1.89 bits per heavy atom. The number of sulfonamides is 1. The zero-order chi connectivity index (χ0) is 31.7. The van der Waals surface area contributed by atoms with Crippen LogP contribution in [-0.2, 0) is 39.1 Å². The molecule has 0 N–H and O–H groups in total. The van der Waals surface area contributed by atoms with E-state index in [4.69, 9.17) is 9.47 Å². The monoisotopic (exact) mass is 635 g/mol. The highest BCUT2D eigenvalue weighted by molar-refractivity contribution is 7.89. The fourth-order valence-corrected chi connectivity index (χ4v) is 9.54. The number of aromatic nitrogens is 2. The van der Waals surface area contributed by atoms with E-state index >= 15 is 0 Å². The van der Waals surface area contributed by atoms with Crippen molar-refractivity contribution in [2.24, 2.45) is 0 Å². The molecule has 3 atom stereocenters. The maximum Gasteiger partial charge on any atom is 0.248 e. The summed E-state index contributed by atoms with van der Waals surface area (Å²) < 4.78 is 43.3. The Labute approximate surface area is 267 Å². The summed E-state index contributed by atoms with van der Waals surface area (Å²) in [5.74, 6) is 0.556. The average molecular weight is 636 g/mol. The fraction of sp³-hybridized carbons (Fsp3) is 0.529. The van der Waals surface area contributed by atoms with Crippen LogP contribution in [0.1, 0.15) is 59.7 Å². The van der Waals surface area contributed by atoms with Gasteiger partial charge in [-0.1, -0.05) is 0 Å². The Morgan fingerprint density at radius 3 is 2.67 bits per heavy atom. The molecular formula is C34H45N5O5S. The van der Waals surface area contributed by atoms with Gasteiger partial charge in [-0.3, -0.25) is 14.7 Å². The molecule has 1 fully saturated rings. The molecular weight excluding hydrogens is 590 g/mol. The van der Waals surface area contributed by atoms with E-state index in [2.05, 4.69) is 20.5 Å². The SMILES string of the molecule is COc1cc(C)c(S(=O)(=O)N2CCn3cccc3C2COCC(=O)N(C)[C@@H]2CCC[C@H](N3CCc4cnccc4C3)C2)c(C)c1. The number of pyridine rings is 1. The highest BCUT2D eigenvalue weighted by Gasteiger charge is 2.39. The lowest BCUT2D eigenvalue weighted by molar-refractivity contribution is -0.138. The Bertz CT molecular complexity index is 1620. The number of benzene rings is 1. The molecule has 6 rings (SSSR count). The second-order valence-corrected chi connectivity index (χ2v) is 14.5. The van der Waals surface area contributed by atoms with E-state index in [1.54, 1.807) is 33.1 Å². The summed E-state index contributed by atoms with van der Waals surface area (Å²) in [6.07, 6.45) is 11.0. The second kappa shape index (κ2) is 13.2. The van der Waals surface area contributed by atoms with Crippen LogP contribution in [0, 0.1) is 13.8 Å². The number of ether oxygens (including phenoxy) is 2. The topological polar surface area (TPSA) is 97.2 Å². The predicted molar refractivity (Wildman–Crippen MR) is 172 cm³/mol. The number of hydrogen-bond acceptors (Lipinski definition) is 7. The maximum atomic E-state index is 14.1. The smallest absolute Gasteiger partial charge is 0.248 e. The molecule has 3 aliphatic rings. The summed E-state index contributed by atoms with van der Waals surface area (Å²) in [5, 5.41) is 0. The number of amides is 1. The molecule has 0 bridgehead atoms. The van der Waals surface area contributed by atoms with E-state index in [0.29, 0.717) is 40.9 Å². The van der Waals surface area contributed by atoms with Crippen LogP contribution in [0.2, 0.25) is 0 Å². The van der Waals surface area contributed by atoms with Crippen LogP contribution >= 0.6 is 0 Å². The zero-order valence-corrected chi connectivity index (χ0v) is 27.6. The molecule has 4 heterocycles. The van der Waals surface area contributed by atoms with Crippen molar-refractivity contribution in [1.82, 2.24) is 23.7 Å². The molecule has 1 saturated carbocycles. The minimum atomic E-state index is -3.86. The van der Waals surface area contributed by atoms with Gasteiger partial charge in [-0.2, -0.15) is 4.31 Å². The zero-order valence-electron chi connectivity index (χ0n) is 26.8. The molecule has 2 aromatic heterocycles. The number of rotatable bonds is 9. The lowest BCUT2D eigenvalue weighted by atomic mass is 9.87. The Kier molecular flexibility index (Phi) is 9.33. The van der Waals surface area contributed by atoms with Gasteiger partial charge in [0.2, 0.25) is 15.9 Å². The van der Waals surface area contributed by atoms with Crippen LogP contribution < -0.4 is 4.74 Å². The van der Waals surface area contributed by atoms with Crippen molar-refractivity contribution in [3.63, 3.8) is 0 Å². The van der Waals surface area contributed by atoms with Crippen LogP contribution in [0.25, 0.3) is 0 Å². The molecule has 10 nitrogen and oxygen atoms in total. The number of hydrogen-bond donors (Lipinski definition) is 0. The Hall–Kier alpha value is -3.25. The Balaban J connectivity index is 1.10. The van der Waals surface area contributed by atoms with Gasteiger partial charge in [0.05, 0.1) is 24.7 Å². The Morgan fingerprint density at radius 1 is 1.09 bits per heavy atom. The van der Waals surface area contributed by atoms with Crippen molar-refractivity contribution < 1.29 is 22.7 Å². The lowest BCUT2D eigenvalue weighted by Gasteiger charge is -2.42. The van der Waals surface area contributed by atoms with Gasteiger partial charge in [0.25, 0.3) is 0 Å². The first kappa shape index (κ1) is 31.7. The largest absolute Gasteiger partial charge is 0.497 e. The van der Waals surface area contributed by atoms with Crippen molar-refractivity contribution in [2.45, 2.75) is 82.1 Å². The molecule has 2 aliphatic heterocycles. The lowest BCUT2D eigenvalue weighted by Crippen LogP contribution is -2.48. The minimum Gasteiger partial charge on any atom is -0.497 e. The highest BCUT2D eigenvalue weighted by Crippen LogP contribution is 2.36. The summed E-state index contributed by atoms with van der Waals surface area (Å²) in [6.45, 7) is 6.43. The second-order valence-electron chi connectivity index (χ2n) is 12.7. The first-order valence-electron chi connectivity index (χ1n) is 16.0. The van der Waals surface area contributed by atoms with E-state index < -0.39 is 16.1 Å².